The van der Waals surface area contributed by atoms with Crippen LogP contribution in [0, 0.1) is 11.3 Å². The van der Waals surface area contributed by atoms with Crippen molar-refractivity contribution in [2.45, 2.75) is 44.3 Å². The fourth-order valence-corrected chi connectivity index (χ4v) is 6.66. The minimum atomic E-state index is -0.241. The van der Waals surface area contributed by atoms with Crippen molar-refractivity contribution in [1.29, 1.82) is 5.26 Å². The molecule has 1 aromatic heterocycles. The Labute approximate surface area is 253 Å². The van der Waals surface area contributed by atoms with Crippen LogP contribution in [0.1, 0.15) is 30.5 Å². The number of likely N-dealkylation sites (tertiary alicyclic amines) is 1. The maximum atomic E-state index is 12.5. The summed E-state index contributed by atoms with van der Waals surface area (Å²) in [6, 6.07) is 15.3. The average molecular weight is 582 g/mol. The van der Waals surface area contributed by atoms with Gasteiger partial charge in [0.05, 0.1) is 37.9 Å². The van der Waals surface area contributed by atoms with Crippen LogP contribution in [0.15, 0.2) is 49.1 Å². The normalized spacial score (nSPS) is 20.5. The van der Waals surface area contributed by atoms with E-state index in [0.717, 1.165) is 66.3 Å². The Balaban J connectivity index is 1.34. The largest absolute Gasteiger partial charge is 0.497 e. The Morgan fingerprint density at radius 3 is 2.77 bits per heavy atom. The molecule has 3 aliphatic heterocycles. The van der Waals surface area contributed by atoms with Crippen LogP contribution >= 0.6 is 0 Å². The molecule has 43 heavy (non-hydrogen) atoms. The van der Waals surface area contributed by atoms with Crippen LogP contribution in [0.25, 0.3) is 10.8 Å². The zero-order chi connectivity index (χ0) is 29.9. The number of hydrogen-bond donors (Lipinski definition) is 0. The second-order valence-electron chi connectivity index (χ2n) is 11.6. The van der Waals surface area contributed by atoms with Crippen LogP contribution < -0.4 is 19.3 Å². The molecular formula is C33H39N7O3. The monoisotopic (exact) mass is 581 g/mol. The predicted octanol–water partition coefficient (Wildman–Crippen LogP) is 3.79. The third kappa shape index (κ3) is 5.82. The smallest absolute Gasteiger partial charge is 0.318 e. The van der Waals surface area contributed by atoms with E-state index in [4.69, 9.17) is 19.4 Å². The van der Waals surface area contributed by atoms with Crippen molar-refractivity contribution in [3.8, 4) is 17.8 Å². The van der Waals surface area contributed by atoms with Crippen LogP contribution in [0.2, 0.25) is 0 Å². The van der Waals surface area contributed by atoms with E-state index in [0.29, 0.717) is 44.8 Å². The van der Waals surface area contributed by atoms with Gasteiger partial charge in [-0.15, -0.1) is 0 Å². The number of aromatic nitrogens is 2. The van der Waals surface area contributed by atoms with Gasteiger partial charge in [-0.2, -0.15) is 15.2 Å². The summed E-state index contributed by atoms with van der Waals surface area (Å²) >= 11 is 0. The van der Waals surface area contributed by atoms with Gasteiger partial charge in [-0.25, -0.2) is 0 Å². The predicted molar refractivity (Wildman–Crippen MR) is 167 cm³/mol. The molecular weight excluding hydrogens is 542 g/mol. The summed E-state index contributed by atoms with van der Waals surface area (Å²) in [6.07, 6.45) is 4.60. The number of carbonyl (C=O) groups is 1. The van der Waals surface area contributed by atoms with Gasteiger partial charge in [0, 0.05) is 54.9 Å². The summed E-state index contributed by atoms with van der Waals surface area (Å²) in [5.74, 6) is 1.53. The molecule has 2 saturated heterocycles. The van der Waals surface area contributed by atoms with Crippen LogP contribution in [-0.2, 0) is 17.8 Å². The Hall–Kier alpha value is -4.36. The Morgan fingerprint density at radius 2 is 2.00 bits per heavy atom. The summed E-state index contributed by atoms with van der Waals surface area (Å²) < 4.78 is 12.0. The van der Waals surface area contributed by atoms with E-state index in [2.05, 4.69) is 64.7 Å². The first-order chi connectivity index (χ1) is 21.0. The number of rotatable bonds is 8. The number of fused-ring (bicyclic) bond motifs is 2. The van der Waals surface area contributed by atoms with Gasteiger partial charge in [-0.1, -0.05) is 30.8 Å². The molecule has 0 unspecified atom stereocenters. The summed E-state index contributed by atoms with van der Waals surface area (Å²) in [7, 11) is 3.84. The minimum Gasteiger partial charge on any atom is -0.497 e. The summed E-state index contributed by atoms with van der Waals surface area (Å²) in [5, 5.41) is 11.8. The number of hydrogen-bond acceptors (Lipinski definition) is 9. The summed E-state index contributed by atoms with van der Waals surface area (Å²) in [6.45, 7) is 8.30. The third-order valence-corrected chi connectivity index (χ3v) is 9.06. The second-order valence-corrected chi connectivity index (χ2v) is 11.6. The Bertz CT molecular complexity index is 1550. The van der Waals surface area contributed by atoms with E-state index in [1.807, 2.05) is 6.07 Å². The van der Waals surface area contributed by atoms with Crippen molar-refractivity contribution in [1.82, 2.24) is 19.8 Å². The lowest BCUT2D eigenvalue weighted by atomic mass is 10.0. The van der Waals surface area contributed by atoms with E-state index in [1.165, 1.54) is 11.5 Å². The van der Waals surface area contributed by atoms with E-state index in [-0.39, 0.29) is 18.4 Å². The lowest BCUT2D eigenvalue weighted by Gasteiger charge is -2.42. The number of amides is 1. The number of likely N-dealkylation sites (N-methyl/N-ethyl adjacent to an activating group) is 1. The highest BCUT2D eigenvalue weighted by molar-refractivity contribution is 5.96. The van der Waals surface area contributed by atoms with Crippen LogP contribution in [0.5, 0.6) is 11.8 Å². The van der Waals surface area contributed by atoms with Crippen molar-refractivity contribution in [3.05, 3.63) is 60.3 Å². The number of ether oxygens (including phenoxy) is 2. The van der Waals surface area contributed by atoms with E-state index < -0.39 is 0 Å². The molecule has 6 rings (SSSR count). The topological polar surface area (TPSA) is 98.1 Å². The van der Waals surface area contributed by atoms with Crippen LogP contribution in [0.4, 0.5) is 11.5 Å². The van der Waals surface area contributed by atoms with Crippen LogP contribution in [0.3, 0.4) is 0 Å². The molecule has 224 valence electrons. The molecule has 0 radical (unpaired) electrons. The number of carbonyl (C=O) groups excluding carboxylic acids is 1. The zero-order valence-electron chi connectivity index (χ0n) is 25.0. The van der Waals surface area contributed by atoms with Gasteiger partial charge < -0.3 is 29.1 Å². The third-order valence-electron chi connectivity index (χ3n) is 9.06. The molecule has 4 heterocycles. The van der Waals surface area contributed by atoms with Gasteiger partial charge in [-0.3, -0.25) is 4.79 Å². The van der Waals surface area contributed by atoms with Crippen LogP contribution in [-0.4, -0.2) is 91.2 Å². The molecule has 2 aromatic carbocycles. The van der Waals surface area contributed by atoms with E-state index >= 15 is 0 Å². The standard InChI is InChI=1S/C33H39N7O3/c1-4-31(41)40-17-16-39(20-24(40)11-13-34)32-28-12-15-38(30-19-26(42-3)18-23-8-5-6-10-27(23)30)21-29(28)35-33(36-32)43-22-25-9-7-14-37(25)2/h4-6,8,10,18-19,24-25H,1,7,9,11-12,14-17,20-22H2,2-3H3/t24-,25-/m0/s1. The first kappa shape index (κ1) is 28.7. The SMILES string of the molecule is C=CC(=O)N1CCN(c2nc(OC[C@@H]3CCCN3C)nc3c2CCN(c2cc(OC)cc4ccccc24)C3)C[C@@H]1CC#N. The molecule has 10 heteroatoms. The number of benzene rings is 2. The first-order valence-electron chi connectivity index (χ1n) is 15.1. The number of piperazine rings is 1. The fourth-order valence-electron chi connectivity index (χ4n) is 6.66. The Kier molecular flexibility index (Phi) is 8.34. The molecule has 0 spiro atoms. The van der Waals surface area contributed by atoms with Gasteiger partial charge in [-0.05, 0) is 50.4 Å². The van der Waals surface area contributed by atoms with Gasteiger partial charge in [0.1, 0.15) is 18.2 Å². The number of nitriles is 1. The van der Waals surface area contributed by atoms with Gasteiger partial charge in [0.2, 0.25) is 5.91 Å². The van der Waals surface area contributed by atoms with E-state index in [9.17, 15) is 10.1 Å². The molecule has 10 nitrogen and oxygen atoms in total. The van der Waals surface area contributed by atoms with E-state index in [1.54, 1.807) is 12.0 Å². The molecule has 1 amide bonds. The zero-order valence-corrected chi connectivity index (χ0v) is 25.0. The number of methoxy groups -OCH3 is 1. The molecule has 0 saturated carbocycles. The molecule has 0 N–H and O–H groups in total. The van der Waals surface area contributed by atoms with Gasteiger partial charge in [0.15, 0.2) is 0 Å². The molecule has 0 aliphatic carbocycles. The molecule has 2 atom stereocenters. The number of nitrogens with zero attached hydrogens (tertiary/aromatic N) is 7. The highest BCUT2D eigenvalue weighted by Crippen LogP contribution is 2.37. The highest BCUT2D eigenvalue weighted by atomic mass is 16.5. The highest BCUT2D eigenvalue weighted by Gasteiger charge is 2.33. The second kappa shape index (κ2) is 12.5. The van der Waals surface area contributed by atoms with Crippen molar-refractivity contribution < 1.29 is 14.3 Å². The fraction of sp³-hybridized carbons (Fsp3) is 0.455. The van der Waals surface area contributed by atoms with Crippen molar-refractivity contribution in [2.75, 3.05) is 63.3 Å². The van der Waals surface area contributed by atoms with Crippen molar-refractivity contribution in [2.24, 2.45) is 0 Å². The Morgan fingerprint density at radius 1 is 1.14 bits per heavy atom. The first-order valence-corrected chi connectivity index (χ1v) is 15.1. The maximum Gasteiger partial charge on any atom is 0.318 e. The average Bonchev–Trinajstić information content (AvgIpc) is 3.46. The lowest BCUT2D eigenvalue weighted by Crippen LogP contribution is -2.55. The molecule has 2 fully saturated rings. The summed E-state index contributed by atoms with van der Waals surface area (Å²) in [5.41, 5.74) is 3.16. The van der Waals surface area contributed by atoms with Crippen molar-refractivity contribution >= 4 is 28.2 Å². The quantitative estimate of drug-likeness (QED) is 0.368. The molecule has 0 bridgehead atoms. The minimum absolute atomic E-state index is 0.143. The van der Waals surface area contributed by atoms with Gasteiger partial charge >= 0.3 is 6.01 Å². The molecule has 3 aliphatic rings. The summed E-state index contributed by atoms with van der Waals surface area (Å²) in [4.78, 5) is 31.2. The van der Waals surface area contributed by atoms with Gasteiger partial charge in [0.25, 0.3) is 0 Å². The lowest BCUT2D eigenvalue weighted by molar-refractivity contribution is -0.128. The number of anilines is 2. The van der Waals surface area contributed by atoms with Crippen molar-refractivity contribution in [3.63, 3.8) is 0 Å². The maximum absolute atomic E-state index is 12.5. The molecule has 3 aromatic rings.